The molecule has 4 heteroatoms. The lowest BCUT2D eigenvalue weighted by Crippen LogP contribution is -2.28. The van der Waals surface area contributed by atoms with Gasteiger partial charge in [-0.3, -0.25) is 0 Å². The molecule has 1 rings (SSSR count). The summed E-state index contributed by atoms with van der Waals surface area (Å²) in [4.78, 5) is 0. The van der Waals surface area contributed by atoms with Gasteiger partial charge < -0.3 is 4.43 Å². The monoisotopic (exact) mass is 170 g/mol. The third-order valence-corrected chi connectivity index (χ3v) is 4.53. The summed E-state index contributed by atoms with van der Waals surface area (Å²) in [5, 5.41) is 0. The SMILES string of the molecule is Cl[Si]1(Cl)CCCCO1. The lowest BCUT2D eigenvalue weighted by Gasteiger charge is -2.21. The molecule has 0 bridgehead atoms. The molecule has 1 saturated heterocycles. The molecule has 0 atom stereocenters. The van der Waals surface area contributed by atoms with Crippen molar-refractivity contribution in [1.82, 2.24) is 0 Å². The van der Waals surface area contributed by atoms with Crippen molar-refractivity contribution in [2.75, 3.05) is 6.61 Å². The first kappa shape index (κ1) is 6.87. The Balaban J connectivity index is 2.33. The summed E-state index contributed by atoms with van der Waals surface area (Å²) < 4.78 is 5.14. The van der Waals surface area contributed by atoms with Gasteiger partial charge in [0.1, 0.15) is 0 Å². The van der Waals surface area contributed by atoms with E-state index >= 15 is 0 Å². The molecule has 1 aliphatic heterocycles. The first-order valence-corrected chi connectivity index (χ1v) is 6.86. The lowest BCUT2D eigenvalue weighted by molar-refractivity contribution is 0.293. The highest BCUT2D eigenvalue weighted by atomic mass is 35.7. The van der Waals surface area contributed by atoms with Crippen LogP contribution in [0, 0.1) is 0 Å². The van der Waals surface area contributed by atoms with Crippen molar-refractivity contribution in [3.63, 3.8) is 0 Å². The van der Waals surface area contributed by atoms with Crippen molar-refractivity contribution >= 4 is 29.1 Å². The van der Waals surface area contributed by atoms with Gasteiger partial charge in [-0.25, -0.2) is 0 Å². The molecule has 48 valence electrons. The maximum Gasteiger partial charge on any atom is 0.389 e. The van der Waals surface area contributed by atoms with E-state index in [1.165, 1.54) is 0 Å². The molecule has 0 amide bonds. The fourth-order valence-electron chi connectivity index (χ4n) is 0.727. The average molecular weight is 171 g/mol. The largest absolute Gasteiger partial charge is 0.392 e. The van der Waals surface area contributed by atoms with Crippen LogP contribution >= 0.6 is 22.2 Å². The van der Waals surface area contributed by atoms with E-state index in [0.29, 0.717) is 0 Å². The minimum atomic E-state index is -2.15. The second-order valence-corrected chi connectivity index (χ2v) is 8.25. The van der Waals surface area contributed by atoms with Crippen LogP contribution in [0.25, 0.3) is 0 Å². The van der Waals surface area contributed by atoms with Gasteiger partial charge in [0.2, 0.25) is 0 Å². The summed E-state index contributed by atoms with van der Waals surface area (Å²) in [6, 6.07) is 0.899. The summed E-state index contributed by atoms with van der Waals surface area (Å²) >= 11 is 11.5. The first-order chi connectivity index (χ1) is 3.71. The number of halogens is 2. The van der Waals surface area contributed by atoms with Crippen LogP contribution in [0.1, 0.15) is 12.8 Å². The van der Waals surface area contributed by atoms with Crippen LogP contribution in [-0.2, 0) is 4.43 Å². The Morgan fingerprint density at radius 1 is 1.25 bits per heavy atom. The average Bonchev–Trinajstić information content (AvgIpc) is 1.65. The van der Waals surface area contributed by atoms with Gasteiger partial charge in [0, 0.05) is 6.61 Å². The molecule has 0 N–H and O–H groups in total. The summed E-state index contributed by atoms with van der Waals surface area (Å²) in [6.07, 6.45) is 2.26. The number of rotatable bonds is 0. The van der Waals surface area contributed by atoms with Crippen molar-refractivity contribution in [3.05, 3.63) is 0 Å². The summed E-state index contributed by atoms with van der Waals surface area (Å²) in [5.74, 6) is 0. The third kappa shape index (κ3) is 1.94. The minimum absolute atomic E-state index is 0.763. The Morgan fingerprint density at radius 3 is 2.25 bits per heavy atom. The van der Waals surface area contributed by atoms with Crippen molar-refractivity contribution < 1.29 is 4.43 Å². The lowest BCUT2D eigenvalue weighted by atomic mass is 10.4. The van der Waals surface area contributed by atoms with Crippen molar-refractivity contribution in [1.29, 1.82) is 0 Å². The van der Waals surface area contributed by atoms with E-state index in [4.69, 9.17) is 26.6 Å². The molecule has 0 saturated carbocycles. The highest BCUT2D eigenvalue weighted by Crippen LogP contribution is 2.28. The van der Waals surface area contributed by atoms with Crippen LogP contribution < -0.4 is 0 Å². The smallest absolute Gasteiger partial charge is 0.389 e. The predicted molar refractivity (Wildman–Crippen MR) is 37.5 cm³/mol. The molecule has 1 fully saturated rings. The van der Waals surface area contributed by atoms with Gasteiger partial charge in [0.15, 0.2) is 0 Å². The van der Waals surface area contributed by atoms with E-state index in [1.54, 1.807) is 0 Å². The first-order valence-electron chi connectivity index (χ1n) is 2.72. The zero-order chi connectivity index (χ0) is 6.04. The fraction of sp³-hybridized carbons (Fsp3) is 1.00. The van der Waals surface area contributed by atoms with Gasteiger partial charge in [0.05, 0.1) is 0 Å². The predicted octanol–water partition coefficient (Wildman–Crippen LogP) is 2.21. The molecule has 0 aromatic carbocycles. The van der Waals surface area contributed by atoms with E-state index < -0.39 is 6.94 Å². The van der Waals surface area contributed by atoms with Crippen LogP contribution in [0.5, 0.6) is 0 Å². The van der Waals surface area contributed by atoms with Crippen LogP contribution in [-0.4, -0.2) is 13.5 Å². The standard InChI is InChI=1S/C4H8Cl2OSi/c5-8(6)4-2-1-3-7-8/h1-4H2. The molecular formula is C4H8Cl2OSi. The molecule has 1 nitrogen and oxygen atoms in total. The van der Waals surface area contributed by atoms with Crippen molar-refractivity contribution in [3.8, 4) is 0 Å². The van der Waals surface area contributed by atoms with Crippen molar-refractivity contribution in [2.45, 2.75) is 18.9 Å². The van der Waals surface area contributed by atoms with E-state index in [2.05, 4.69) is 0 Å². The molecule has 1 aliphatic rings. The van der Waals surface area contributed by atoms with Gasteiger partial charge in [-0.1, -0.05) is 0 Å². The van der Waals surface area contributed by atoms with Gasteiger partial charge >= 0.3 is 6.94 Å². The Hall–Kier alpha value is 0.757. The molecule has 0 aromatic rings. The maximum absolute atomic E-state index is 5.75. The Kier molecular flexibility index (Phi) is 2.20. The Morgan fingerprint density at radius 2 is 2.00 bits per heavy atom. The van der Waals surface area contributed by atoms with E-state index in [-0.39, 0.29) is 0 Å². The molecule has 8 heavy (non-hydrogen) atoms. The van der Waals surface area contributed by atoms with E-state index in [9.17, 15) is 0 Å². The van der Waals surface area contributed by atoms with Gasteiger partial charge in [0.25, 0.3) is 0 Å². The molecule has 1 heterocycles. The van der Waals surface area contributed by atoms with Crippen LogP contribution in [0.4, 0.5) is 0 Å². The maximum atomic E-state index is 5.75. The summed E-state index contributed by atoms with van der Waals surface area (Å²) in [6.45, 7) is -1.38. The topological polar surface area (TPSA) is 9.23 Å². The van der Waals surface area contributed by atoms with Gasteiger partial charge in [-0.2, -0.15) is 0 Å². The molecule has 0 spiro atoms. The molecular weight excluding hydrogens is 163 g/mol. The number of hydrogen-bond acceptors (Lipinski definition) is 1. The zero-order valence-electron chi connectivity index (χ0n) is 4.49. The second-order valence-electron chi connectivity index (χ2n) is 1.94. The minimum Gasteiger partial charge on any atom is -0.392 e. The second kappa shape index (κ2) is 2.56. The zero-order valence-corrected chi connectivity index (χ0v) is 7.00. The third-order valence-electron chi connectivity index (χ3n) is 1.18. The van der Waals surface area contributed by atoms with Crippen LogP contribution in [0.2, 0.25) is 6.04 Å². The normalized spacial score (nSPS) is 27.8. The molecule has 0 unspecified atom stereocenters. The molecule has 0 aliphatic carbocycles. The number of hydrogen-bond donors (Lipinski definition) is 0. The van der Waals surface area contributed by atoms with Crippen LogP contribution in [0.3, 0.4) is 0 Å². The quantitative estimate of drug-likeness (QED) is 0.401. The highest BCUT2D eigenvalue weighted by molar-refractivity contribution is 7.42. The molecule has 0 radical (unpaired) electrons. The van der Waals surface area contributed by atoms with Crippen LogP contribution in [0.15, 0.2) is 0 Å². The Labute approximate surface area is 59.5 Å². The van der Waals surface area contributed by atoms with E-state index in [1.807, 2.05) is 0 Å². The summed E-state index contributed by atoms with van der Waals surface area (Å²) in [5.41, 5.74) is 0. The van der Waals surface area contributed by atoms with E-state index in [0.717, 1.165) is 25.5 Å². The summed E-state index contributed by atoms with van der Waals surface area (Å²) in [7, 11) is 0. The fourth-order valence-corrected chi connectivity index (χ4v) is 3.24. The highest BCUT2D eigenvalue weighted by Gasteiger charge is 2.32. The van der Waals surface area contributed by atoms with Gasteiger partial charge in [-0.15, -0.1) is 22.2 Å². The molecule has 0 aromatic heterocycles. The Bertz CT molecular complexity index is 78.1. The van der Waals surface area contributed by atoms with Gasteiger partial charge in [-0.05, 0) is 18.9 Å². The van der Waals surface area contributed by atoms with Crippen molar-refractivity contribution in [2.24, 2.45) is 0 Å².